The third-order valence-corrected chi connectivity index (χ3v) is 3.24. The molecule has 2 bridgehead atoms. The maximum absolute atomic E-state index is 11.5. The Kier molecular flexibility index (Phi) is 1.25. The first-order chi connectivity index (χ1) is 5.84. The molecule has 1 aliphatic carbocycles. The lowest BCUT2D eigenvalue weighted by Crippen LogP contribution is -2.22. The number of rotatable bonds is 0. The van der Waals surface area contributed by atoms with Crippen LogP contribution in [0, 0.1) is 0 Å². The molecule has 0 amide bonds. The van der Waals surface area contributed by atoms with E-state index in [0.29, 0.717) is 11.9 Å². The second-order valence-electron chi connectivity index (χ2n) is 3.97. The molecule has 2 aliphatic heterocycles. The van der Waals surface area contributed by atoms with Crippen molar-refractivity contribution in [3.63, 3.8) is 0 Å². The molecule has 1 saturated heterocycles. The lowest BCUT2D eigenvalue weighted by atomic mass is 10.0. The van der Waals surface area contributed by atoms with Crippen LogP contribution in [0.15, 0.2) is 11.1 Å². The average molecular weight is 164 g/mol. The lowest BCUT2D eigenvalue weighted by molar-refractivity contribution is -0.116. The first-order valence-electron chi connectivity index (χ1n) is 4.75. The molecule has 0 spiro atoms. The summed E-state index contributed by atoms with van der Waals surface area (Å²) < 4.78 is 5.70. The Morgan fingerprint density at radius 3 is 3.08 bits per heavy atom. The Labute approximate surface area is 71.6 Å². The fourth-order valence-corrected chi connectivity index (χ4v) is 2.69. The summed E-state index contributed by atoms with van der Waals surface area (Å²) in [5.74, 6) is 0.357. The van der Waals surface area contributed by atoms with Crippen molar-refractivity contribution in [3.05, 3.63) is 11.1 Å². The van der Waals surface area contributed by atoms with Gasteiger partial charge in [0.05, 0.1) is 12.2 Å². The van der Waals surface area contributed by atoms with Gasteiger partial charge in [-0.25, -0.2) is 0 Å². The van der Waals surface area contributed by atoms with E-state index in [2.05, 4.69) is 0 Å². The number of ketones is 1. The number of ether oxygens (including phenoxy) is 1. The van der Waals surface area contributed by atoms with Gasteiger partial charge in [-0.2, -0.15) is 0 Å². The van der Waals surface area contributed by atoms with E-state index in [0.717, 1.165) is 37.7 Å². The third-order valence-electron chi connectivity index (χ3n) is 3.24. The molecule has 0 aromatic carbocycles. The van der Waals surface area contributed by atoms with Crippen LogP contribution in [0.5, 0.6) is 0 Å². The normalized spacial score (nSPS) is 39.2. The maximum atomic E-state index is 11.5. The van der Waals surface area contributed by atoms with Gasteiger partial charge in [0.1, 0.15) is 0 Å². The lowest BCUT2D eigenvalue weighted by Gasteiger charge is -2.21. The van der Waals surface area contributed by atoms with Crippen LogP contribution < -0.4 is 0 Å². The van der Waals surface area contributed by atoms with Crippen molar-refractivity contribution in [3.8, 4) is 0 Å². The van der Waals surface area contributed by atoms with E-state index in [-0.39, 0.29) is 6.10 Å². The van der Waals surface area contributed by atoms with E-state index in [1.807, 2.05) is 0 Å². The fourth-order valence-electron chi connectivity index (χ4n) is 2.69. The second-order valence-corrected chi connectivity index (χ2v) is 3.97. The van der Waals surface area contributed by atoms with Crippen molar-refractivity contribution >= 4 is 5.78 Å². The molecule has 0 saturated carbocycles. The van der Waals surface area contributed by atoms with Gasteiger partial charge in [0.15, 0.2) is 5.78 Å². The van der Waals surface area contributed by atoms with Crippen LogP contribution in [0.1, 0.15) is 32.1 Å². The van der Waals surface area contributed by atoms with Gasteiger partial charge in [0.25, 0.3) is 0 Å². The van der Waals surface area contributed by atoms with E-state index in [4.69, 9.17) is 4.74 Å². The molecule has 2 nitrogen and oxygen atoms in total. The molecular weight excluding hydrogens is 152 g/mol. The molecule has 12 heavy (non-hydrogen) atoms. The molecule has 64 valence electrons. The van der Waals surface area contributed by atoms with Crippen molar-refractivity contribution < 1.29 is 9.53 Å². The number of carbonyl (C=O) groups is 1. The molecule has 1 fully saturated rings. The summed E-state index contributed by atoms with van der Waals surface area (Å²) in [6, 6.07) is 0. The van der Waals surface area contributed by atoms with Gasteiger partial charge in [-0.05, 0) is 25.7 Å². The van der Waals surface area contributed by atoms with E-state index in [1.54, 1.807) is 0 Å². The minimum absolute atomic E-state index is 0.189. The fraction of sp³-hybridized carbons (Fsp3) is 0.700. The van der Waals surface area contributed by atoms with Gasteiger partial charge in [-0.15, -0.1) is 0 Å². The zero-order valence-corrected chi connectivity index (χ0v) is 7.01. The zero-order chi connectivity index (χ0) is 8.13. The Morgan fingerprint density at radius 2 is 2.17 bits per heavy atom. The Bertz CT molecular complexity index is 278. The van der Waals surface area contributed by atoms with Crippen LogP contribution in [0.3, 0.4) is 0 Å². The van der Waals surface area contributed by atoms with Gasteiger partial charge in [0, 0.05) is 12.0 Å². The van der Waals surface area contributed by atoms with E-state index >= 15 is 0 Å². The first kappa shape index (κ1) is 6.84. The van der Waals surface area contributed by atoms with Gasteiger partial charge in [-0.3, -0.25) is 4.79 Å². The Balaban J connectivity index is 2.04. The van der Waals surface area contributed by atoms with Crippen molar-refractivity contribution in [1.29, 1.82) is 0 Å². The monoisotopic (exact) mass is 164 g/mol. The van der Waals surface area contributed by atoms with Crippen LogP contribution in [0.4, 0.5) is 0 Å². The minimum Gasteiger partial charge on any atom is -0.370 e. The Morgan fingerprint density at radius 1 is 1.25 bits per heavy atom. The minimum atomic E-state index is 0.189. The summed E-state index contributed by atoms with van der Waals surface area (Å²) >= 11 is 0. The summed E-state index contributed by atoms with van der Waals surface area (Å²) in [5.41, 5.74) is 2.47. The highest BCUT2D eigenvalue weighted by Gasteiger charge is 2.40. The molecule has 0 N–H and O–H groups in total. The van der Waals surface area contributed by atoms with E-state index < -0.39 is 0 Å². The maximum Gasteiger partial charge on any atom is 0.161 e. The average Bonchev–Trinajstić information content (AvgIpc) is 2.59. The molecule has 2 heterocycles. The van der Waals surface area contributed by atoms with Crippen LogP contribution in [0.2, 0.25) is 0 Å². The number of hydrogen-bond donors (Lipinski definition) is 0. The topological polar surface area (TPSA) is 26.3 Å². The molecule has 3 aliphatic rings. The highest BCUT2D eigenvalue weighted by molar-refractivity contribution is 6.00. The smallest absolute Gasteiger partial charge is 0.161 e. The molecule has 2 atom stereocenters. The van der Waals surface area contributed by atoms with Gasteiger partial charge >= 0.3 is 0 Å². The first-order valence-corrected chi connectivity index (χ1v) is 4.75. The number of Topliss-reactive ketones (excluding diaryl/α,β-unsaturated/α-hetero) is 1. The molecule has 0 aromatic rings. The summed E-state index contributed by atoms with van der Waals surface area (Å²) in [4.78, 5) is 11.5. The molecule has 0 unspecified atom stereocenters. The zero-order valence-electron chi connectivity index (χ0n) is 7.01. The summed E-state index contributed by atoms with van der Waals surface area (Å²) in [5, 5.41) is 0. The second kappa shape index (κ2) is 2.19. The highest BCUT2D eigenvalue weighted by Crippen LogP contribution is 2.42. The predicted molar refractivity (Wildman–Crippen MR) is 43.8 cm³/mol. The van der Waals surface area contributed by atoms with Gasteiger partial charge in [0.2, 0.25) is 0 Å². The molecule has 0 aromatic heterocycles. The quantitative estimate of drug-likeness (QED) is 0.543. The van der Waals surface area contributed by atoms with Crippen LogP contribution in [-0.2, 0) is 9.53 Å². The highest BCUT2D eigenvalue weighted by atomic mass is 16.5. The van der Waals surface area contributed by atoms with Crippen LogP contribution in [-0.4, -0.2) is 18.0 Å². The number of carbonyl (C=O) groups excluding carboxylic acids is 1. The van der Waals surface area contributed by atoms with Crippen molar-refractivity contribution in [2.45, 2.75) is 44.3 Å². The van der Waals surface area contributed by atoms with E-state index in [1.165, 1.54) is 5.57 Å². The number of fused-ring (bicyclic) bond motifs is 3. The van der Waals surface area contributed by atoms with Crippen molar-refractivity contribution in [2.75, 3.05) is 0 Å². The summed E-state index contributed by atoms with van der Waals surface area (Å²) in [6.45, 7) is 0. The summed E-state index contributed by atoms with van der Waals surface area (Å²) in [6.07, 6.45) is 5.67. The largest absolute Gasteiger partial charge is 0.370 e. The SMILES string of the molecule is O=C1CCC2=C1[C@@H]1CC[C@H](C2)O1. The number of hydrogen-bond acceptors (Lipinski definition) is 2. The third kappa shape index (κ3) is 0.761. The van der Waals surface area contributed by atoms with Gasteiger partial charge in [-0.1, -0.05) is 5.57 Å². The van der Waals surface area contributed by atoms with Crippen LogP contribution >= 0.6 is 0 Å². The molecule has 0 radical (unpaired) electrons. The molecule has 2 heteroatoms. The van der Waals surface area contributed by atoms with E-state index in [9.17, 15) is 4.79 Å². The Hall–Kier alpha value is -0.630. The van der Waals surface area contributed by atoms with Crippen molar-refractivity contribution in [2.24, 2.45) is 0 Å². The summed E-state index contributed by atoms with van der Waals surface area (Å²) in [7, 11) is 0. The van der Waals surface area contributed by atoms with Crippen LogP contribution in [0.25, 0.3) is 0 Å². The predicted octanol–water partition coefficient (Wildman–Crippen LogP) is 1.60. The van der Waals surface area contributed by atoms with Gasteiger partial charge < -0.3 is 4.74 Å². The standard InChI is InChI=1S/C10H12O2/c11-8-3-1-6-5-7-2-4-9(12-7)10(6)8/h7,9H,1-5H2/t7-,9+/m1/s1. The van der Waals surface area contributed by atoms with Crippen molar-refractivity contribution in [1.82, 2.24) is 0 Å². The molecule has 3 rings (SSSR count). The molecular formula is C10H12O2.